The summed E-state index contributed by atoms with van der Waals surface area (Å²) >= 11 is 0. The fraction of sp³-hybridized carbons (Fsp3) is 0.647. The van der Waals surface area contributed by atoms with Crippen molar-refractivity contribution in [3.8, 4) is 0 Å². The van der Waals surface area contributed by atoms with Crippen LogP contribution in [-0.2, 0) is 0 Å². The average molecular weight is 245 g/mol. The van der Waals surface area contributed by atoms with Gasteiger partial charge in [-0.15, -0.1) is 0 Å². The topological polar surface area (TPSA) is 12.0 Å². The minimum atomic E-state index is 0.786. The standard InChI is InChI=1S/C17H27N/c1-4-10-18-12-15-6-5-7-16(15)17-11-13(2)8-9-14(17)3/h8-9,11,15-16,18H,4-7,10,12H2,1-3H3. The van der Waals surface area contributed by atoms with Crippen molar-refractivity contribution in [1.82, 2.24) is 5.32 Å². The first-order valence-corrected chi connectivity index (χ1v) is 7.50. The number of hydrogen-bond donors (Lipinski definition) is 1. The Hall–Kier alpha value is -0.820. The van der Waals surface area contributed by atoms with Gasteiger partial charge in [-0.3, -0.25) is 0 Å². The van der Waals surface area contributed by atoms with Gasteiger partial charge in [-0.1, -0.05) is 37.1 Å². The Morgan fingerprint density at radius 3 is 2.83 bits per heavy atom. The van der Waals surface area contributed by atoms with Crippen molar-refractivity contribution in [3.05, 3.63) is 34.9 Å². The summed E-state index contributed by atoms with van der Waals surface area (Å²) < 4.78 is 0. The van der Waals surface area contributed by atoms with Crippen LogP contribution in [-0.4, -0.2) is 13.1 Å². The van der Waals surface area contributed by atoms with Crippen LogP contribution in [0.3, 0.4) is 0 Å². The van der Waals surface area contributed by atoms with E-state index in [-0.39, 0.29) is 0 Å². The first-order valence-electron chi connectivity index (χ1n) is 7.50. The third-order valence-electron chi connectivity index (χ3n) is 4.33. The summed E-state index contributed by atoms with van der Waals surface area (Å²) in [5.74, 6) is 1.63. The molecule has 1 aliphatic carbocycles. The minimum absolute atomic E-state index is 0.786. The molecule has 0 bridgehead atoms. The highest BCUT2D eigenvalue weighted by Crippen LogP contribution is 2.40. The second-order valence-electron chi connectivity index (χ2n) is 5.86. The summed E-state index contributed by atoms with van der Waals surface area (Å²) in [6.45, 7) is 9.08. The monoisotopic (exact) mass is 245 g/mol. The fourth-order valence-electron chi connectivity index (χ4n) is 3.31. The average Bonchev–Trinajstić information content (AvgIpc) is 2.81. The zero-order chi connectivity index (χ0) is 13.0. The second kappa shape index (κ2) is 6.38. The zero-order valence-electron chi connectivity index (χ0n) is 12.1. The van der Waals surface area contributed by atoms with Gasteiger partial charge >= 0.3 is 0 Å². The van der Waals surface area contributed by atoms with Crippen LogP contribution in [0.1, 0.15) is 55.2 Å². The third-order valence-corrected chi connectivity index (χ3v) is 4.33. The number of nitrogens with one attached hydrogen (secondary N) is 1. The van der Waals surface area contributed by atoms with E-state index in [0.29, 0.717) is 0 Å². The molecule has 1 fully saturated rings. The number of rotatable bonds is 5. The highest BCUT2D eigenvalue weighted by atomic mass is 14.9. The van der Waals surface area contributed by atoms with E-state index in [4.69, 9.17) is 0 Å². The molecule has 0 heterocycles. The maximum absolute atomic E-state index is 3.61. The van der Waals surface area contributed by atoms with Crippen LogP contribution in [0.15, 0.2) is 18.2 Å². The molecule has 1 aromatic rings. The van der Waals surface area contributed by atoms with Gasteiger partial charge in [0, 0.05) is 0 Å². The van der Waals surface area contributed by atoms with Gasteiger partial charge in [-0.25, -0.2) is 0 Å². The van der Waals surface area contributed by atoms with Crippen molar-refractivity contribution in [2.75, 3.05) is 13.1 Å². The molecule has 2 atom stereocenters. The maximum atomic E-state index is 3.61. The Bertz CT molecular complexity index is 383. The van der Waals surface area contributed by atoms with Crippen molar-refractivity contribution < 1.29 is 0 Å². The quantitative estimate of drug-likeness (QED) is 0.767. The molecular weight excluding hydrogens is 218 g/mol. The van der Waals surface area contributed by atoms with Crippen molar-refractivity contribution in [2.24, 2.45) is 5.92 Å². The van der Waals surface area contributed by atoms with E-state index in [1.165, 1.54) is 43.4 Å². The first kappa shape index (κ1) is 13.6. The lowest BCUT2D eigenvalue weighted by Crippen LogP contribution is -2.25. The first-order chi connectivity index (χ1) is 8.72. The van der Waals surface area contributed by atoms with E-state index < -0.39 is 0 Å². The summed E-state index contributed by atoms with van der Waals surface area (Å²) in [4.78, 5) is 0. The Morgan fingerprint density at radius 2 is 2.06 bits per heavy atom. The molecule has 0 radical (unpaired) electrons. The van der Waals surface area contributed by atoms with Crippen LogP contribution in [0.5, 0.6) is 0 Å². The van der Waals surface area contributed by atoms with Gasteiger partial charge in [0.1, 0.15) is 0 Å². The van der Waals surface area contributed by atoms with Crippen molar-refractivity contribution in [2.45, 2.75) is 52.4 Å². The van der Waals surface area contributed by atoms with Crippen LogP contribution < -0.4 is 5.32 Å². The van der Waals surface area contributed by atoms with E-state index in [0.717, 1.165) is 18.4 Å². The van der Waals surface area contributed by atoms with Crippen LogP contribution >= 0.6 is 0 Å². The summed E-state index contributed by atoms with van der Waals surface area (Å²) in [5.41, 5.74) is 4.49. The van der Waals surface area contributed by atoms with Crippen molar-refractivity contribution in [3.63, 3.8) is 0 Å². The van der Waals surface area contributed by atoms with Crippen LogP contribution in [0.4, 0.5) is 0 Å². The molecule has 1 nitrogen and oxygen atoms in total. The second-order valence-corrected chi connectivity index (χ2v) is 5.86. The molecule has 2 rings (SSSR count). The van der Waals surface area contributed by atoms with Gasteiger partial charge in [0.05, 0.1) is 0 Å². The number of aryl methyl sites for hydroxylation is 2. The Morgan fingerprint density at radius 1 is 1.22 bits per heavy atom. The van der Waals surface area contributed by atoms with Gasteiger partial charge in [-0.05, 0) is 69.2 Å². The predicted molar refractivity (Wildman–Crippen MR) is 79.2 cm³/mol. The molecule has 2 unspecified atom stereocenters. The SMILES string of the molecule is CCCNCC1CCCC1c1cc(C)ccc1C. The van der Waals surface area contributed by atoms with E-state index in [9.17, 15) is 0 Å². The summed E-state index contributed by atoms with van der Waals surface area (Å²) in [6.07, 6.45) is 5.41. The molecular formula is C17H27N. The van der Waals surface area contributed by atoms with E-state index in [1.54, 1.807) is 5.56 Å². The molecule has 1 heteroatoms. The van der Waals surface area contributed by atoms with Gasteiger partial charge in [0.15, 0.2) is 0 Å². The van der Waals surface area contributed by atoms with E-state index in [1.807, 2.05) is 0 Å². The molecule has 1 aromatic carbocycles. The lowest BCUT2D eigenvalue weighted by Gasteiger charge is -2.22. The highest BCUT2D eigenvalue weighted by molar-refractivity contribution is 5.34. The minimum Gasteiger partial charge on any atom is -0.316 e. The number of benzene rings is 1. The van der Waals surface area contributed by atoms with E-state index >= 15 is 0 Å². The predicted octanol–water partition coefficient (Wildman–Crippen LogP) is 4.19. The smallest absolute Gasteiger partial charge is 0.00147 e. The third kappa shape index (κ3) is 3.14. The Labute approximate surface area is 112 Å². The van der Waals surface area contributed by atoms with Crippen LogP contribution in [0.2, 0.25) is 0 Å². The molecule has 0 aromatic heterocycles. The molecule has 0 amide bonds. The molecule has 0 spiro atoms. The lowest BCUT2D eigenvalue weighted by atomic mass is 9.85. The molecule has 18 heavy (non-hydrogen) atoms. The number of hydrogen-bond acceptors (Lipinski definition) is 1. The lowest BCUT2D eigenvalue weighted by molar-refractivity contribution is 0.443. The van der Waals surface area contributed by atoms with Gasteiger partial charge in [-0.2, -0.15) is 0 Å². The largest absolute Gasteiger partial charge is 0.316 e. The van der Waals surface area contributed by atoms with Crippen LogP contribution in [0, 0.1) is 19.8 Å². The van der Waals surface area contributed by atoms with Crippen molar-refractivity contribution in [1.29, 1.82) is 0 Å². The summed E-state index contributed by atoms with van der Waals surface area (Å²) in [7, 11) is 0. The van der Waals surface area contributed by atoms with Crippen LogP contribution in [0.25, 0.3) is 0 Å². The Kier molecular flexibility index (Phi) is 4.82. The maximum Gasteiger partial charge on any atom is -0.00147 e. The van der Waals surface area contributed by atoms with Gasteiger partial charge in [0.2, 0.25) is 0 Å². The highest BCUT2D eigenvalue weighted by Gasteiger charge is 2.29. The zero-order valence-corrected chi connectivity index (χ0v) is 12.1. The normalized spacial score (nSPS) is 23.5. The van der Waals surface area contributed by atoms with E-state index in [2.05, 4.69) is 44.3 Å². The Balaban J connectivity index is 2.08. The molecule has 1 N–H and O–H groups in total. The molecule has 100 valence electrons. The molecule has 0 saturated heterocycles. The van der Waals surface area contributed by atoms with Gasteiger partial charge < -0.3 is 5.32 Å². The summed E-state index contributed by atoms with van der Waals surface area (Å²) in [6, 6.07) is 6.94. The molecule has 1 saturated carbocycles. The molecule has 1 aliphatic rings. The van der Waals surface area contributed by atoms with Crippen molar-refractivity contribution >= 4 is 0 Å². The molecule has 0 aliphatic heterocycles. The van der Waals surface area contributed by atoms with Gasteiger partial charge in [0.25, 0.3) is 0 Å². The summed E-state index contributed by atoms with van der Waals surface area (Å²) in [5, 5.41) is 3.61. The fourth-order valence-corrected chi connectivity index (χ4v) is 3.31.